The molecule has 0 N–H and O–H groups in total. The van der Waals surface area contributed by atoms with Crippen LogP contribution in [0.1, 0.15) is 24.8 Å². The minimum atomic E-state index is 0.0115. The van der Waals surface area contributed by atoms with Crippen LogP contribution in [0, 0.1) is 0 Å². The number of benzene rings is 1. The van der Waals surface area contributed by atoms with Crippen LogP contribution >= 0.6 is 0 Å². The van der Waals surface area contributed by atoms with E-state index in [0.29, 0.717) is 0 Å². The fraction of sp³-hybridized carbons (Fsp3) is 0.250. The average Bonchev–Trinajstić information content (AvgIpc) is 2.21. The zero-order valence-corrected chi connectivity index (χ0v) is 7.81. The van der Waals surface area contributed by atoms with Gasteiger partial charge in [0.1, 0.15) is 6.29 Å². The molecular weight excluding hydrogens is 160 g/mol. The van der Waals surface area contributed by atoms with Crippen LogP contribution < -0.4 is 0 Å². The Morgan fingerprint density at radius 1 is 1.31 bits per heavy atom. The van der Waals surface area contributed by atoms with Crippen LogP contribution in [-0.4, -0.2) is 6.29 Å². The first kappa shape index (κ1) is 9.72. The van der Waals surface area contributed by atoms with Crippen LogP contribution in [-0.2, 0) is 4.79 Å². The van der Waals surface area contributed by atoms with Gasteiger partial charge < -0.3 is 4.79 Å². The van der Waals surface area contributed by atoms with Crippen molar-refractivity contribution in [2.45, 2.75) is 19.3 Å². The molecule has 0 aliphatic rings. The van der Waals surface area contributed by atoms with Gasteiger partial charge in [0.25, 0.3) is 0 Å². The van der Waals surface area contributed by atoms with Crippen LogP contribution in [0.25, 0.3) is 0 Å². The van der Waals surface area contributed by atoms with Gasteiger partial charge in [0.2, 0.25) is 0 Å². The zero-order chi connectivity index (χ0) is 9.52. The third kappa shape index (κ3) is 2.86. The molecule has 1 atom stereocenters. The minimum Gasteiger partial charge on any atom is -0.303 e. The molecule has 0 radical (unpaired) electrons. The summed E-state index contributed by atoms with van der Waals surface area (Å²) in [5, 5.41) is 0. The molecule has 0 aliphatic heterocycles. The molecule has 1 rings (SSSR count). The number of carbonyl (C=O) groups excluding carboxylic acids is 1. The predicted octanol–water partition coefficient (Wildman–Crippen LogP) is 2.94. The van der Waals surface area contributed by atoms with Gasteiger partial charge in [0.05, 0.1) is 0 Å². The smallest absolute Gasteiger partial charge is 0.127 e. The molecule has 13 heavy (non-hydrogen) atoms. The van der Waals surface area contributed by atoms with E-state index in [1.807, 2.05) is 49.4 Å². The lowest BCUT2D eigenvalue weighted by Gasteiger charge is -2.06. The highest BCUT2D eigenvalue weighted by Gasteiger charge is 2.06. The van der Waals surface area contributed by atoms with Crippen molar-refractivity contribution >= 4 is 6.29 Å². The summed E-state index contributed by atoms with van der Waals surface area (Å²) in [6.07, 6.45) is 5.80. The summed E-state index contributed by atoms with van der Waals surface area (Å²) >= 11 is 0. The molecule has 68 valence electrons. The molecule has 1 unspecified atom stereocenters. The first-order valence-electron chi connectivity index (χ1n) is 4.50. The Morgan fingerprint density at radius 2 is 2.00 bits per heavy atom. The number of aldehydes is 1. The van der Waals surface area contributed by atoms with Gasteiger partial charge in [-0.25, -0.2) is 0 Å². The fourth-order valence-corrected chi connectivity index (χ4v) is 1.25. The third-order valence-electron chi connectivity index (χ3n) is 2.02. The molecule has 1 nitrogen and oxygen atoms in total. The SMILES string of the molecule is C/C=C/CC(C=O)c1ccccc1. The number of hydrogen-bond acceptors (Lipinski definition) is 1. The maximum atomic E-state index is 10.8. The van der Waals surface area contributed by atoms with Crippen LogP contribution in [0.4, 0.5) is 0 Å². The molecule has 0 aromatic heterocycles. The van der Waals surface area contributed by atoms with E-state index in [-0.39, 0.29) is 5.92 Å². The maximum absolute atomic E-state index is 10.8. The molecule has 0 bridgehead atoms. The highest BCUT2D eigenvalue weighted by molar-refractivity contribution is 5.62. The topological polar surface area (TPSA) is 17.1 Å². The van der Waals surface area contributed by atoms with E-state index in [9.17, 15) is 4.79 Å². The van der Waals surface area contributed by atoms with Gasteiger partial charge in [-0.05, 0) is 18.9 Å². The molecule has 0 fully saturated rings. The van der Waals surface area contributed by atoms with Gasteiger partial charge in [-0.1, -0.05) is 42.5 Å². The Kier molecular flexibility index (Phi) is 3.97. The van der Waals surface area contributed by atoms with Gasteiger partial charge in [-0.3, -0.25) is 0 Å². The molecule has 1 aromatic carbocycles. The molecule has 0 spiro atoms. The Bertz CT molecular complexity index is 274. The van der Waals surface area contributed by atoms with Crippen molar-refractivity contribution in [1.29, 1.82) is 0 Å². The third-order valence-corrected chi connectivity index (χ3v) is 2.02. The van der Waals surface area contributed by atoms with Crippen LogP contribution in [0.5, 0.6) is 0 Å². The number of hydrogen-bond donors (Lipinski definition) is 0. The predicted molar refractivity (Wildman–Crippen MR) is 54.7 cm³/mol. The highest BCUT2D eigenvalue weighted by Crippen LogP contribution is 2.16. The number of rotatable bonds is 4. The van der Waals surface area contributed by atoms with Crippen LogP contribution in [0.2, 0.25) is 0 Å². The lowest BCUT2D eigenvalue weighted by atomic mass is 9.97. The van der Waals surface area contributed by atoms with E-state index >= 15 is 0 Å². The van der Waals surface area contributed by atoms with Gasteiger partial charge in [-0.15, -0.1) is 0 Å². The summed E-state index contributed by atoms with van der Waals surface area (Å²) < 4.78 is 0. The van der Waals surface area contributed by atoms with Gasteiger partial charge in [-0.2, -0.15) is 0 Å². The van der Waals surface area contributed by atoms with Crippen molar-refractivity contribution in [3.63, 3.8) is 0 Å². The summed E-state index contributed by atoms with van der Waals surface area (Å²) in [4.78, 5) is 10.8. The van der Waals surface area contributed by atoms with Gasteiger partial charge >= 0.3 is 0 Å². The van der Waals surface area contributed by atoms with Crippen molar-refractivity contribution in [3.8, 4) is 0 Å². The number of allylic oxidation sites excluding steroid dienone is 2. The second-order valence-corrected chi connectivity index (χ2v) is 2.96. The molecule has 1 heteroatoms. The summed E-state index contributed by atoms with van der Waals surface area (Å²) in [6, 6.07) is 9.86. The van der Waals surface area contributed by atoms with Crippen molar-refractivity contribution in [2.24, 2.45) is 0 Å². The molecular formula is C12H14O. The number of carbonyl (C=O) groups is 1. The van der Waals surface area contributed by atoms with Crippen molar-refractivity contribution in [3.05, 3.63) is 48.0 Å². The monoisotopic (exact) mass is 174 g/mol. The van der Waals surface area contributed by atoms with Crippen LogP contribution in [0.3, 0.4) is 0 Å². The van der Waals surface area contributed by atoms with Gasteiger partial charge in [0, 0.05) is 5.92 Å². The normalized spacial score (nSPS) is 13.0. The molecule has 1 aromatic rings. The lowest BCUT2D eigenvalue weighted by molar-refractivity contribution is -0.109. The van der Waals surface area contributed by atoms with E-state index < -0.39 is 0 Å². The standard InChI is InChI=1S/C12H14O/c1-2-3-7-12(10-13)11-8-5-4-6-9-11/h2-6,8-10,12H,7H2,1H3/b3-2+. The van der Waals surface area contributed by atoms with E-state index in [1.165, 1.54) is 0 Å². The van der Waals surface area contributed by atoms with E-state index in [2.05, 4.69) is 0 Å². The zero-order valence-electron chi connectivity index (χ0n) is 7.81. The first-order chi connectivity index (χ1) is 6.38. The largest absolute Gasteiger partial charge is 0.303 e. The van der Waals surface area contributed by atoms with E-state index in [1.54, 1.807) is 0 Å². The average molecular weight is 174 g/mol. The van der Waals surface area contributed by atoms with E-state index in [0.717, 1.165) is 18.3 Å². The fourth-order valence-electron chi connectivity index (χ4n) is 1.25. The maximum Gasteiger partial charge on any atom is 0.127 e. The summed E-state index contributed by atoms with van der Waals surface area (Å²) in [5.74, 6) is 0.0115. The minimum absolute atomic E-state index is 0.0115. The van der Waals surface area contributed by atoms with Crippen molar-refractivity contribution in [1.82, 2.24) is 0 Å². The quantitative estimate of drug-likeness (QED) is 0.506. The summed E-state index contributed by atoms with van der Waals surface area (Å²) in [7, 11) is 0. The van der Waals surface area contributed by atoms with Crippen molar-refractivity contribution in [2.75, 3.05) is 0 Å². The Morgan fingerprint density at radius 3 is 2.54 bits per heavy atom. The molecule has 0 amide bonds. The summed E-state index contributed by atoms with van der Waals surface area (Å²) in [5.41, 5.74) is 1.09. The second kappa shape index (κ2) is 5.31. The van der Waals surface area contributed by atoms with Crippen LogP contribution in [0.15, 0.2) is 42.5 Å². The highest BCUT2D eigenvalue weighted by atomic mass is 16.1. The van der Waals surface area contributed by atoms with Gasteiger partial charge in [0.15, 0.2) is 0 Å². The Hall–Kier alpha value is -1.37. The Labute approximate surface area is 79.1 Å². The lowest BCUT2D eigenvalue weighted by Crippen LogP contribution is -1.97. The Balaban J connectivity index is 2.72. The van der Waals surface area contributed by atoms with Crippen molar-refractivity contribution < 1.29 is 4.79 Å². The molecule has 0 heterocycles. The second-order valence-electron chi connectivity index (χ2n) is 2.96. The summed E-state index contributed by atoms with van der Waals surface area (Å²) in [6.45, 7) is 1.97. The molecule has 0 saturated carbocycles. The molecule has 0 saturated heterocycles. The first-order valence-corrected chi connectivity index (χ1v) is 4.50. The van der Waals surface area contributed by atoms with E-state index in [4.69, 9.17) is 0 Å². The molecule has 0 aliphatic carbocycles.